The first kappa shape index (κ1) is 24.2. The summed E-state index contributed by atoms with van der Waals surface area (Å²) < 4.78 is 92.0. The first-order valence-corrected chi connectivity index (χ1v) is 10.8. The lowest BCUT2D eigenvalue weighted by Gasteiger charge is -2.24. The minimum atomic E-state index is -5.09. The van der Waals surface area contributed by atoms with Gasteiger partial charge in [-0.1, -0.05) is 48.5 Å². The van der Waals surface area contributed by atoms with Crippen LogP contribution in [0.25, 0.3) is 0 Å². The summed E-state index contributed by atoms with van der Waals surface area (Å²) in [6, 6.07) is 13.2. The molecule has 0 saturated carbocycles. The third-order valence-corrected chi connectivity index (χ3v) is 5.75. The molecule has 2 atom stereocenters. The van der Waals surface area contributed by atoms with Gasteiger partial charge in [0.05, 0.1) is 0 Å². The van der Waals surface area contributed by atoms with Crippen LogP contribution in [0.1, 0.15) is 5.56 Å². The van der Waals surface area contributed by atoms with Gasteiger partial charge in [0.25, 0.3) is 0 Å². The Kier molecular flexibility index (Phi) is 7.35. The molecule has 6 nitrogen and oxygen atoms in total. The van der Waals surface area contributed by atoms with E-state index >= 15 is 0 Å². The molecule has 174 valence electrons. The van der Waals surface area contributed by atoms with Crippen LogP contribution in [-0.4, -0.2) is 17.1 Å². The number of benzene rings is 3. The molecule has 0 aliphatic rings. The number of para-hydroxylation sites is 1. The molecule has 2 unspecified atom stereocenters. The highest BCUT2D eigenvalue weighted by atomic mass is 31.2. The molecule has 2 N–H and O–H groups in total. The Labute approximate surface area is 184 Å². The number of hydrogen-bond donors (Lipinski definition) is 2. The number of rotatable bonds is 9. The van der Waals surface area contributed by atoms with Gasteiger partial charge in [0.15, 0.2) is 0 Å². The van der Waals surface area contributed by atoms with Crippen LogP contribution in [0.3, 0.4) is 0 Å². The molecule has 0 spiro atoms. The van der Waals surface area contributed by atoms with Crippen molar-refractivity contribution >= 4 is 13.7 Å². The van der Waals surface area contributed by atoms with Crippen molar-refractivity contribution in [3.63, 3.8) is 0 Å². The van der Waals surface area contributed by atoms with E-state index in [1.807, 2.05) is 5.09 Å². The lowest BCUT2D eigenvalue weighted by Crippen LogP contribution is -2.38. The Morgan fingerprint density at radius 3 is 1.82 bits per heavy atom. The van der Waals surface area contributed by atoms with Crippen LogP contribution in [0.4, 0.5) is 22.0 Å². The van der Waals surface area contributed by atoms with Crippen molar-refractivity contribution in [3.8, 4) is 11.5 Å². The maximum absolute atomic E-state index is 14.1. The van der Waals surface area contributed by atoms with Gasteiger partial charge in [-0.2, -0.15) is 13.9 Å². The van der Waals surface area contributed by atoms with E-state index in [9.17, 15) is 36.4 Å². The Hall–Kier alpha value is -3.43. The molecule has 0 radical (unpaired) electrons. The van der Waals surface area contributed by atoms with Crippen LogP contribution in [-0.2, 0) is 15.8 Å². The molecule has 0 heterocycles. The number of aliphatic carboxylic acids is 1. The van der Waals surface area contributed by atoms with Crippen molar-refractivity contribution in [2.24, 2.45) is 0 Å². The maximum Gasteiger partial charge on any atom is 0.513 e. The standard InChI is InChI=1S/C21H15F5NO5P/c22-15-16(23)18(25)20(19(26)17(15)24)32-33(30,31-13-9-5-2-6-10-13)27-14(21(28)29)11-12-7-3-1-4-8-12/h1-10,14H,11H2,(H,27,30)(H,28,29). The molecule has 3 aromatic rings. The molecule has 0 aliphatic carbocycles. The fraction of sp³-hybridized carbons (Fsp3) is 0.0952. The average molecular weight is 487 g/mol. The number of carboxylic acid groups (broad SMARTS) is 1. The van der Waals surface area contributed by atoms with Crippen LogP contribution in [0.2, 0.25) is 0 Å². The molecule has 0 fully saturated rings. The van der Waals surface area contributed by atoms with Crippen LogP contribution < -0.4 is 14.1 Å². The zero-order chi connectivity index (χ0) is 24.2. The van der Waals surface area contributed by atoms with Crippen LogP contribution in [0.5, 0.6) is 11.5 Å². The van der Waals surface area contributed by atoms with Crippen molar-refractivity contribution in [2.45, 2.75) is 12.5 Å². The monoisotopic (exact) mass is 487 g/mol. The quantitative estimate of drug-likeness (QED) is 0.186. The zero-order valence-electron chi connectivity index (χ0n) is 16.5. The highest BCUT2D eigenvalue weighted by Crippen LogP contribution is 2.47. The average Bonchev–Trinajstić information content (AvgIpc) is 2.80. The van der Waals surface area contributed by atoms with Gasteiger partial charge in [0, 0.05) is 0 Å². The van der Waals surface area contributed by atoms with Crippen LogP contribution >= 0.6 is 7.75 Å². The van der Waals surface area contributed by atoms with E-state index in [4.69, 9.17) is 4.52 Å². The lowest BCUT2D eigenvalue weighted by molar-refractivity contribution is -0.139. The number of nitrogens with one attached hydrogen (secondary N) is 1. The van der Waals surface area contributed by atoms with E-state index in [-0.39, 0.29) is 12.2 Å². The maximum atomic E-state index is 14.1. The van der Waals surface area contributed by atoms with Crippen molar-refractivity contribution in [1.29, 1.82) is 0 Å². The van der Waals surface area contributed by atoms with Crippen molar-refractivity contribution in [3.05, 3.63) is 95.3 Å². The number of carboxylic acids is 1. The van der Waals surface area contributed by atoms with Crippen molar-refractivity contribution in [2.75, 3.05) is 0 Å². The highest BCUT2D eigenvalue weighted by molar-refractivity contribution is 7.52. The van der Waals surface area contributed by atoms with Gasteiger partial charge < -0.3 is 14.2 Å². The summed E-state index contributed by atoms with van der Waals surface area (Å²) in [6.45, 7) is 0. The van der Waals surface area contributed by atoms with Crippen LogP contribution in [0.15, 0.2) is 60.7 Å². The minimum absolute atomic E-state index is 0.193. The molecular formula is C21H15F5NO5P. The molecule has 0 aliphatic heterocycles. The van der Waals surface area contributed by atoms with E-state index in [0.717, 1.165) is 0 Å². The first-order valence-electron chi connectivity index (χ1n) is 9.21. The van der Waals surface area contributed by atoms with Gasteiger partial charge in [0.1, 0.15) is 11.8 Å². The molecule has 0 amide bonds. The molecule has 0 saturated heterocycles. The van der Waals surface area contributed by atoms with Gasteiger partial charge in [-0.3, -0.25) is 4.79 Å². The molecular weight excluding hydrogens is 472 g/mol. The summed E-state index contributed by atoms with van der Waals surface area (Å²) in [6.07, 6.45) is -0.279. The number of carbonyl (C=O) groups is 1. The summed E-state index contributed by atoms with van der Waals surface area (Å²) in [5, 5.41) is 11.6. The SMILES string of the molecule is O=C(O)C(Cc1ccccc1)NP(=O)(Oc1ccccc1)Oc1c(F)c(F)c(F)c(F)c1F. The highest BCUT2D eigenvalue weighted by Gasteiger charge is 2.39. The second-order valence-electron chi connectivity index (χ2n) is 6.60. The fourth-order valence-corrected chi connectivity index (χ4v) is 4.23. The van der Waals surface area contributed by atoms with Gasteiger partial charge in [0.2, 0.25) is 34.8 Å². The summed E-state index contributed by atoms with van der Waals surface area (Å²) in [5.41, 5.74) is 0.472. The third-order valence-electron chi connectivity index (χ3n) is 4.24. The zero-order valence-corrected chi connectivity index (χ0v) is 17.4. The Bertz CT molecular complexity index is 1170. The lowest BCUT2D eigenvalue weighted by atomic mass is 10.1. The number of hydrogen-bond acceptors (Lipinski definition) is 4. The first-order chi connectivity index (χ1) is 15.6. The summed E-state index contributed by atoms with van der Waals surface area (Å²) in [4.78, 5) is 11.8. The summed E-state index contributed by atoms with van der Waals surface area (Å²) >= 11 is 0. The predicted octanol–water partition coefficient (Wildman–Crippen LogP) is 5.23. The minimum Gasteiger partial charge on any atom is -0.480 e. The molecule has 3 aromatic carbocycles. The Morgan fingerprint density at radius 1 is 0.818 bits per heavy atom. The summed E-state index contributed by atoms with van der Waals surface area (Å²) in [5.74, 6) is -15.6. The van der Waals surface area contributed by atoms with Gasteiger partial charge in [-0.15, -0.1) is 0 Å². The normalized spacial score (nSPS) is 13.7. The van der Waals surface area contributed by atoms with Gasteiger partial charge in [-0.25, -0.2) is 17.7 Å². The predicted molar refractivity (Wildman–Crippen MR) is 106 cm³/mol. The van der Waals surface area contributed by atoms with E-state index in [1.54, 1.807) is 36.4 Å². The molecule has 3 rings (SSSR count). The second kappa shape index (κ2) is 10.0. The fourth-order valence-electron chi connectivity index (χ4n) is 2.71. The Morgan fingerprint density at radius 2 is 1.30 bits per heavy atom. The van der Waals surface area contributed by atoms with E-state index in [2.05, 4.69) is 4.52 Å². The van der Waals surface area contributed by atoms with Gasteiger partial charge in [-0.05, 0) is 24.1 Å². The van der Waals surface area contributed by atoms with E-state index < -0.39 is 54.6 Å². The number of halogens is 5. The third kappa shape index (κ3) is 5.68. The second-order valence-corrected chi connectivity index (χ2v) is 8.22. The Balaban J connectivity index is 2.02. The topological polar surface area (TPSA) is 84.9 Å². The van der Waals surface area contributed by atoms with Crippen LogP contribution in [0, 0.1) is 29.1 Å². The summed E-state index contributed by atoms with van der Waals surface area (Å²) in [7, 11) is -5.09. The van der Waals surface area contributed by atoms with E-state index in [1.165, 1.54) is 24.3 Å². The van der Waals surface area contributed by atoms with Crippen molar-refractivity contribution in [1.82, 2.24) is 5.09 Å². The van der Waals surface area contributed by atoms with E-state index in [0.29, 0.717) is 5.56 Å². The smallest absolute Gasteiger partial charge is 0.480 e. The largest absolute Gasteiger partial charge is 0.513 e. The van der Waals surface area contributed by atoms with Crippen molar-refractivity contribution < 1.29 is 45.5 Å². The molecule has 12 heteroatoms. The molecule has 33 heavy (non-hydrogen) atoms. The van der Waals surface area contributed by atoms with Gasteiger partial charge >= 0.3 is 13.7 Å². The molecule has 0 aromatic heterocycles. The molecule has 0 bridgehead atoms.